The first-order valence-electron chi connectivity index (χ1n) is 9.39. The Balaban J connectivity index is 1.69. The molecule has 0 bridgehead atoms. The van der Waals surface area contributed by atoms with Gasteiger partial charge in [0, 0.05) is 33.0 Å². The number of aromatic nitrogens is 1. The molecule has 0 aliphatic heterocycles. The molecule has 30 heavy (non-hydrogen) atoms. The van der Waals surface area contributed by atoms with Crippen molar-refractivity contribution in [3.05, 3.63) is 111 Å². The monoisotopic (exact) mass is 396 g/mol. The summed E-state index contributed by atoms with van der Waals surface area (Å²) >= 11 is 0. The van der Waals surface area contributed by atoms with Gasteiger partial charge in [0.05, 0.1) is 5.69 Å². The van der Waals surface area contributed by atoms with E-state index in [4.69, 9.17) is 10.6 Å². The van der Waals surface area contributed by atoms with Crippen LogP contribution in [0.2, 0.25) is 0 Å². The molecule has 4 aromatic rings. The van der Waals surface area contributed by atoms with E-state index in [0.717, 1.165) is 4.68 Å². The van der Waals surface area contributed by atoms with Crippen molar-refractivity contribution in [1.82, 2.24) is 4.68 Å². The Morgan fingerprint density at radius 3 is 2.13 bits per heavy atom. The first kappa shape index (κ1) is 17.9. The molecule has 0 saturated carbocycles. The van der Waals surface area contributed by atoms with Gasteiger partial charge in [-0.1, -0.05) is 42.5 Å². The topological polar surface area (TPSA) is 91.4 Å². The van der Waals surface area contributed by atoms with Crippen LogP contribution in [0, 0.1) is 0 Å². The molecule has 0 amide bonds. The molecule has 1 aliphatic rings. The number of hydrogen-bond acceptors (Lipinski definition) is 5. The van der Waals surface area contributed by atoms with Gasteiger partial charge in [-0.25, -0.2) is 4.68 Å². The molecule has 146 valence electrons. The van der Waals surface area contributed by atoms with Crippen molar-refractivity contribution in [2.75, 3.05) is 5.84 Å². The van der Waals surface area contributed by atoms with E-state index < -0.39 is 5.56 Å². The quantitative estimate of drug-likeness (QED) is 0.473. The van der Waals surface area contributed by atoms with Crippen LogP contribution < -0.4 is 16.1 Å². The third-order valence-electron chi connectivity index (χ3n) is 5.33. The highest BCUT2D eigenvalue weighted by atomic mass is 16.5. The highest BCUT2D eigenvalue weighted by molar-refractivity contribution is 6.32. The molecule has 0 atom stereocenters. The third-order valence-corrected chi connectivity index (χ3v) is 5.33. The van der Waals surface area contributed by atoms with Crippen molar-refractivity contribution in [1.29, 1.82) is 0 Å². The summed E-state index contributed by atoms with van der Waals surface area (Å²) < 4.78 is 6.75. The number of ether oxygens (including phenoxy) is 1. The predicted molar refractivity (Wildman–Crippen MR) is 112 cm³/mol. The van der Waals surface area contributed by atoms with E-state index in [1.54, 1.807) is 48.5 Å². The molecule has 0 fully saturated rings. The van der Waals surface area contributed by atoms with Crippen molar-refractivity contribution in [3.63, 3.8) is 0 Å². The van der Waals surface area contributed by atoms with Crippen LogP contribution in [0.1, 0.15) is 37.5 Å². The minimum atomic E-state index is -0.457. The fourth-order valence-corrected chi connectivity index (χ4v) is 3.83. The Morgan fingerprint density at radius 2 is 1.40 bits per heavy atom. The molecule has 2 N–H and O–H groups in total. The fourth-order valence-electron chi connectivity index (χ4n) is 3.83. The minimum Gasteiger partial charge on any atom is -0.487 e. The summed E-state index contributed by atoms with van der Waals surface area (Å²) in [5.74, 6) is 6.11. The van der Waals surface area contributed by atoms with Crippen molar-refractivity contribution in [2.24, 2.45) is 0 Å². The van der Waals surface area contributed by atoms with E-state index in [9.17, 15) is 14.4 Å². The van der Waals surface area contributed by atoms with Gasteiger partial charge in [0.25, 0.3) is 5.56 Å². The van der Waals surface area contributed by atoms with Gasteiger partial charge >= 0.3 is 0 Å². The van der Waals surface area contributed by atoms with Gasteiger partial charge in [-0.05, 0) is 30.3 Å². The summed E-state index contributed by atoms with van der Waals surface area (Å²) in [6, 6.07) is 20.5. The molecular weight excluding hydrogens is 380 g/mol. The van der Waals surface area contributed by atoms with Gasteiger partial charge in [0.2, 0.25) is 0 Å². The summed E-state index contributed by atoms with van der Waals surface area (Å²) in [7, 11) is 0. The third kappa shape index (κ3) is 2.62. The van der Waals surface area contributed by atoms with Crippen molar-refractivity contribution >= 4 is 22.3 Å². The summed E-state index contributed by atoms with van der Waals surface area (Å²) in [5.41, 5.74) is 1.16. The lowest BCUT2D eigenvalue weighted by atomic mass is 9.82. The van der Waals surface area contributed by atoms with Crippen molar-refractivity contribution in [2.45, 2.75) is 6.61 Å². The second kappa shape index (κ2) is 6.70. The lowest BCUT2D eigenvalue weighted by Crippen LogP contribution is -2.32. The van der Waals surface area contributed by atoms with E-state index in [0.29, 0.717) is 28.0 Å². The smallest absolute Gasteiger partial charge is 0.276 e. The molecule has 0 saturated heterocycles. The number of carbonyl (C=O) groups excluding carboxylic acids is 2. The number of pyridine rings is 1. The number of rotatable bonds is 3. The van der Waals surface area contributed by atoms with Gasteiger partial charge in [0.1, 0.15) is 12.4 Å². The maximum absolute atomic E-state index is 13.2. The number of carbonyl (C=O) groups is 2. The van der Waals surface area contributed by atoms with Crippen LogP contribution in [0.15, 0.2) is 77.6 Å². The lowest BCUT2D eigenvalue weighted by molar-refractivity contribution is 0.0980. The number of fused-ring (bicyclic) bond motifs is 4. The second-order valence-electron chi connectivity index (χ2n) is 7.07. The number of nitrogens with zero attached hydrogens (tertiary/aromatic N) is 1. The Kier molecular flexibility index (Phi) is 3.99. The Hall–Kier alpha value is -4.19. The molecule has 1 aliphatic carbocycles. The van der Waals surface area contributed by atoms with Crippen molar-refractivity contribution in [3.8, 4) is 5.75 Å². The predicted octanol–water partition coefficient (Wildman–Crippen LogP) is 3.07. The molecule has 5 rings (SSSR count). The maximum atomic E-state index is 13.2. The van der Waals surface area contributed by atoms with Gasteiger partial charge in [0.15, 0.2) is 11.6 Å². The normalized spacial score (nSPS) is 12.5. The highest BCUT2D eigenvalue weighted by Gasteiger charge is 2.31. The van der Waals surface area contributed by atoms with Crippen LogP contribution in [0.5, 0.6) is 5.75 Å². The number of nitrogen functional groups attached to an aromatic ring is 1. The number of ketones is 2. The number of benzene rings is 3. The van der Waals surface area contributed by atoms with Crippen molar-refractivity contribution < 1.29 is 14.3 Å². The minimum absolute atomic E-state index is 0.0358. The summed E-state index contributed by atoms with van der Waals surface area (Å²) in [6.45, 7) is 0.0358. The van der Waals surface area contributed by atoms with E-state index in [1.165, 1.54) is 6.07 Å². The molecule has 3 aromatic carbocycles. The average molecular weight is 396 g/mol. The molecule has 6 nitrogen and oxygen atoms in total. The molecule has 1 heterocycles. The van der Waals surface area contributed by atoms with E-state index >= 15 is 0 Å². The zero-order valence-corrected chi connectivity index (χ0v) is 15.8. The largest absolute Gasteiger partial charge is 0.487 e. The maximum Gasteiger partial charge on any atom is 0.276 e. The van der Waals surface area contributed by atoms with Crippen LogP contribution in [-0.4, -0.2) is 16.2 Å². The van der Waals surface area contributed by atoms with Crippen LogP contribution in [0.25, 0.3) is 10.8 Å². The van der Waals surface area contributed by atoms with Crippen LogP contribution in [-0.2, 0) is 6.61 Å². The zero-order valence-electron chi connectivity index (χ0n) is 15.8. The molecule has 0 radical (unpaired) electrons. The Bertz CT molecular complexity index is 1400. The van der Waals surface area contributed by atoms with Crippen LogP contribution in [0.3, 0.4) is 0 Å². The number of nitrogens with two attached hydrogens (primary N) is 1. The first-order valence-corrected chi connectivity index (χ1v) is 9.39. The second-order valence-corrected chi connectivity index (χ2v) is 7.07. The molecule has 1 aromatic heterocycles. The zero-order chi connectivity index (χ0) is 20.8. The molecular formula is C24H16N2O4. The fraction of sp³-hybridized carbons (Fsp3) is 0.0417. The Morgan fingerprint density at radius 1 is 0.733 bits per heavy atom. The van der Waals surface area contributed by atoms with Crippen LogP contribution in [0.4, 0.5) is 0 Å². The van der Waals surface area contributed by atoms with Gasteiger partial charge in [-0.2, -0.15) is 0 Å². The van der Waals surface area contributed by atoms with Gasteiger partial charge in [-0.15, -0.1) is 0 Å². The number of para-hydroxylation sites is 1. The van der Waals surface area contributed by atoms with E-state index in [-0.39, 0.29) is 34.7 Å². The summed E-state index contributed by atoms with van der Waals surface area (Å²) in [6.07, 6.45) is 0. The first-order chi connectivity index (χ1) is 14.6. The van der Waals surface area contributed by atoms with E-state index in [2.05, 4.69) is 0 Å². The van der Waals surface area contributed by atoms with Gasteiger partial charge < -0.3 is 10.6 Å². The van der Waals surface area contributed by atoms with E-state index in [1.807, 2.05) is 18.2 Å². The SMILES string of the molecule is Nn1c(COc2ccccc2)cc2c3c(ccc2c1=O)C(=O)c1ccccc1C3=O. The number of hydrogen-bond donors (Lipinski definition) is 1. The Labute approximate surface area is 171 Å². The average Bonchev–Trinajstić information content (AvgIpc) is 2.79. The molecule has 0 spiro atoms. The summed E-state index contributed by atoms with van der Waals surface area (Å²) in [4.78, 5) is 39.1. The lowest BCUT2D eigenvalue weighted by Gasteiger charge is -2.20. The summed E-state index contributed by atoms with van der Waals surface area (Å²) in [5, 5.41) is 0.680. The molecule has 0 unspecified atom stereocenters. The van der Waals surface area contributed by atoms with Gasteiger partial charge in [-0.3, -0.25) is 14.4 Å². The standard InChI is InChI=1S/C24H16N2O4/c25-26-14(13-30-15-6-2-1-3-7-15)12-20-18(24(26)29)10-11-19-21(20)23(28)17-9-5-4-8-16(17)22(19)27/h1-12H,13,25H2. The highest BCUT2D eigenvalue weighted by Crippen LogP contribution is 2.32. The molecule has 6 heteroatoms. The van der Waals surface area contributed by atoms with Crippen LogP contribution >= 0.6 is 0 Å².